The molecule has 0 N–H and O–H groups in total. The van der Waals surface area contributed by atoms with E-state index < -0.39 is 5.97 Å². The standard InChI is InChI=1S/C18H15BrClNO3/c1-2-23-16-10-12(11-21)9-14(19)18(16)24-17(22)8-7-13-5-3-4-6-15(13)20/h3-6,9-10H,2,7-8H2,1H3. The smallest absolute Gasteiger partial charge is 0.311 e. The van der Waals surface area contributed by atoms with E-state index in [4.69, 9.17) is 26.3 Å². The Labute approximate surface area is 154 Å². The second-order valence-electron chi connectivity index (χ2n) is 4.90. The van der Waals surface area contributed by atoms with Gasteiger partial charge in [0.15, 0.2) is 11.5 Å². The van der Waals surface area contributed by atoms with Gasteiger partial charge in [-0.1, -0.05) is 29.8 Å². The van der Waals surface area contributed by atoms with Crippen molar-refractivity contribution in [1.29, 1.82) is 5.26 Å². The predicted octanol–water partition coefficient (Wildman–Crippen LogP) is 4.91. The van der Waals surface area contributed by atoms with E-state index in [2.05, 4.69) is 15.9 Å². The van der Waals surface area contributed by atoms with Crippen molar-refractivity contribution >= 4 is 33.5 Å². The van der Waals surface area contributed by atoms with Crippen LogP contribution in [0, 0.1) is 11.3 Å². The second-order valence-corrected chi connectivity index (χ2v) is 6.16. The van der Waals surface area contributed by atoms with Crippen molar-refractivity contribution in [2.75, 3.05) is 6.61 Å². The number of nitrogens with zero attached hydrogens (tertiary/aromatic N) is 1. The summed E-state index contributed by atoms with van der Waals surface area (Å²) >= 11 is 9.40. The van der Waals surface area contributed by atoms with Crippen LogP contribution in [0.15, 0.2) is 40.9 Å². The molecule has 0 unspecified atom stereocenters. The summed E-state index contributed by atoms with van der Waals surface area (Å²) in [6.45, 7) is 2.21. The van der Waals surface area contributed by atoms with Crippen molar-refractivity contribution in [3.05, 3.63) is 57.0 Å². The molecule has 2 aromatic carbocycles. The fraction of sp³-hybridized carbons (Fsp3) is 0.222. The molecule has 0 heterocycles. The summed E-state index contributed by atoms with van der Waals surface area (Å²) in [5.74, 6) is 0.232. The van der Waals surface area contributed by atoms with E-state index in [0.717, 1.165) is 5.56 Å². The Morgan fingerprint density at radius 3 is 2.75 bits per heavy atom. The minimum absolute atomic E-state index is 0.182. The highest BCUT2D eigenvalue weighted by Gasteiger charge is 2.16. The van der Waals surface area contributed by atoms with Gasteiger partial charge in [-0.2, -0.15) is 5.26 Å². The lowest BCUT2D eigenvalue weighted by Crippen LogP contribution is -2.11. The van der Waals surface area contributed by atoms with Crippen molar-refractivity contribution in [1.82, 2.24) is 0 Å². The fourth-order valence-corrected chi connectivity index (χ4v) is 2.85. The molecular formula is C18H15BrClNO3. The van der Waals surface area contributed by atoms with E-state index in [1.165, 1.54) is 0 Å². The molecule has 0 aliphatic heterocycles. The molecule has 0 saturated heterocycles. The normalized spacial score (nSPS) is 10.1. The third-order valence-corrected chi connectivity index (χ3v) is 4.17. The maximum atomic E-state index is 12.2. The van der Waals surface area contributed by atoms with E-state index in [9.17, 15) is 4.79 Å². The Hall–Kier alpha value is -2.03. The van der Waals surface area contributed by atoms with Gasteiger partial charge in [0.1, 0.15) is 0 Å². The summed E-state index contributed by atoms with van der Waals surface area (Å²) in [5, 5.41) is 9.64. The molecule has 2 rings (SSSR count). The van der Waals surface area contributed by atoms with Crippen LogP contribution in [0.5, 0.6) is 11.5 Å². The van der Waals surface area contributed by atoms with Gasteiger partial charge >= 0.3 is 5.97 Å². The highest BCUT2D eigenvalue weighted by atomic mass is 79.9. The molecule has 0 aliphatic rings. The molecular weight excluding hydrogens is 394 g/mol. The number of rotatable bonds is 6. The first-order valence-electron chi connectivity index (χ1n) is 7.35. The molecule has 0 aromatic heterocycles. The summed E-state index contributed by atoms with van der Waals surface area (Å²) in [4.78, 5) is 12.2. The highest BCUT2D eigenvalue weighted by molar-refractivity contribution is 9.10. The van der Waals surface area contributed by atoms with Gasteiger partial charge in [-0.25, -0.2) is 0 Å². The summed E-state index contributed by atoms with van der Waals surface area (Å²) < 4.78 is 11.4. The lowest BCUT2D eigenvalue weighted by molar-refractivity contribution is -0.134. The number of benzene rings is 2. The molecule has 24 heavy (non-hydrogen) atoms. The maximum Gasteiger partial charge on any atom is 0.311 e. The monoisotopic (exact) mass is 407 g/mol. The zero-order chi connectivity index (χ0) is 17.5. The van der Waals surface area contributed by atoms with Crippen LogP contribution < -0.4 is 9.47 Å². The molecule has 124 valence electrons. The van der Waals surface area contributed by atoms with Gasteiger partial charge in [-0.15, -0.1) is 0 Å². The largest absolute Gasteiger partial charge is 0.490 e. The van der Waals surface area contributed by atoms with Crippen LogP contribution in [0.25, 0.3) is 0 Å². The molecule has 2 aromatic rings. The van der Waals surface area contributed by atoms with Crippen LogP contribution in [-0.4, -0.2) is 12.6 Å². The van der Waals surface area contributed by atoms with Crippen molar-refractivity contribution in [2.45, 2.75) is 19.8 Å². The Bertz CT molecular complexity index is 786. The number of carbonyl (C=O) groups excluding carboxylic acids is 1. The van der Waals surface area contributed by atoms with Crippen LogP contribution >= 0.6 is 27.5 Å². The summed E-state index contributed by atoms with van der Waals surface area (Å²) in [7, 11) is 0. The molecule has 0 aliphatic carbocycles. The number of ether oxygens (including phenoxy) is 2. The van der Waals surface area contributed by atoms with Crippen LogP contribution in [0.1, 0.15) is 24.5 Å². The van der Waals surface area contributed by atoms with Crippen molar-refractivity contribution in [2.24, 2.45) is 0 Å². The molecule has 0 atom stereocenters. The number of hydrogen-bond acceptors (Lipinski definition) is 4. The first-order valence-corrected chi connectivity index (χ1v) is 8.52. The number of halogens is 2. The third-order valence-electron chi connectivity index (χ3n) is 3.21. The Kier molecular flexibility index (Phi) is 6.65. The Balaban J connectivity index is 2.11. The molecule has 0 amide bonds. The molecule has 0 bridgehead atoms. The number of esters is 1. The van der Waals surface area contributed by atoms with Gasteiger partial charge in [0.2, 0.25) is 0 Å². The van der Waals surface area contributed by atoms with Gasteiger partial charge in [0.25, 0.3) is 0 Å². The van der Waals surface area contributed by atoms with Crippen molar-refractivity contribution < 1.29 is 14.3 Å². The van der Waals surface area contributed by atoms with E-state index in [1.807, 2.05) is 31.2 Å². The molecule has 0 saturated carbocycles. The van der Waals surface area contributed by atoms with Crippen LogP contribution in [-0.2, 0) is 11.2 Å². The van der Waals surface area contributed by atoms with Gasteiger partial charge in [0.05, 0.1) is 29.1 Å². The summed E-state index contributed by atoms with van der Waals surface area (Å²) in [6.07, 6.45) is 0.665. The molecule has 0 fully saturated rings. The summed E-state index contributed by atoms with van der Waals surface area (Å²) in [6, 6.07) is 12.5. The van der Waals surface area contributed by atoms with Gasteiger partial charge in [0, 0.05) is 11.1 Å². The van der Waals surface area contributed by atoms with Crippen LogP contribution in [0.4, 0.5) is 0 Å². The number of hydrogen-bond donors (Lipinski definition) is 0. The zero-order valence-electron chi connectivity index (χ0n) is 13.0. The van der Waals surface area contributed by atoms with Crippen molar-refractivity contribution in [3.63, 3.8) is 0 Å². The number of aryl methyl sites for hydroxylation is 1. The van der Waals surface area contributed by atoms with E-state index in [1.54, 1.807) is 18.2 Å². The van der Waals surface area contributed by atoms with E-state index >= 15 is 0 Å². The minimum Gasteiger partial charge on any atom is -0.490 e. The number of nitriles is 1. The fourth-order valence-electron chi connectivity index (χ4n) is 2.10. The lowest BCUT2D eigenvalue weighted by atomic mass is 10.1. The molecule has 0 radical (unpaired) electrons. The van der Waals surface area contributed by atoms with Crippen molar-refractivity contribution in [3.8, 4) is 17.6 Å². The van der Waals surface area contributed by atoms with Gasteiger partial charge in [-0.05, 0) is 47.0 Å². The number of carbonyl (C=O) groups is 1. The third kappa shape index (κ3) is 4.73. The lowest BCUT2D eigenvalue weighted by Gasteiger charge is -2.13. The van der Waals surface area contributed by atoms with Gasteiger partial charge in [-0.3, -0.25) is 4.79 Å². The average Bonchev–Trinajstić information content (AvgIpc) is 2.57. The average molecular weight is 409 g/mol. The van der Waals surface area contributed by atoms with E-state index in [-0.39, 0.29) is 12.2 Å². The van der Waals surface area contributed by atoms with Crippen LogP contribution in [0.3, 0.4) is 0 Å². The van der Waals surface area contributed by atoms with E-state index in [0.29, 0.717) is 33.8 Å². The highest BCUT2D eigenvalue weighted by Crippen LogP contribution is 2.37. The Morgan fingerprint density at radius 2 is 2.08 bits per heavy atom. The molecule has 0 spiro atoms. The SMILES string of the molecule is CCOc1cc(C#N)cc(Br)c1OC(=O)CCc1ccccc1Cl. The predicted molar refractivity (Wildman–Crippen MR) is 95.4 cm³/mol. The maximum absolute atomic E-state index is 12.2. The van der Waals surface area contributed by atoms with Gasteiger partial charge < -0.3 is 9.47 Å². The first kappa shape index (κ1) is 18.3. The minimum atomic E-state index is -0.402. The second kappa shape index (κ2) is 8.72. The first-order chi connectivity index (χ1) is 11.5. The summed E-state index contributed by atoms with van der Waals surface area (Å²) in [5.41, 5.74) is 1.31. The topological polar surface area (TPSA) is 59.3 Å². The zero-order valence-corrected chi connectivity index (χ0v) is 15.4. The molecule has 4 nitrogen and oxygen atoms in total. The quantitative estimate of drug-likeness (QED) is 0.503. The Morgan fingerprint density at radius 1 is 1.33 bits per heavy atom. The van der Waals surface area contributed by atoms with Crippen LogP contribution in [0.2, 0.25) is 5.02 Å². The molecule has 6 heteroatoms.